The zero-order chi connectivity index (χ0) is 20.7. The number of imidazole rings is 1. The van der Waals surface area contributed by atoms with Gasteiger partial charge < -0.3 is 10.7 Å². The van der Waals surface area contributed by atoms with Crippen LogP contribution in [0.4, 0.5) is 5.82 Å². The molecule has 0 aliphatic carbocycles. The number of aromatic amines is 1. The van der Waals surface area contributed by atoms with Crippen molar-refractivity contribution >= 4 is 28.6 Å². The third kappa shape index (κ3) is 3.11. The number of hydrogen-bond donors (Lipinski definition) is 2. The molecule has 5 aromatic rings. The van der Waals surface area contributed by atoms with Crippen molar-refractivity contribution < 1.29 is 0 Å². The molecule has 146 valence electrons. The van der Waals surface area contributed by atoms with Gasteiger partial charge in [-0.3, -0.25) is 9.36 Å². The summed E-state index contributed by atoms with van der Waals surface area (Å²) >= 11 is 6.03. The zero-order valence-electron chi connectivity index (χ0n) is 15.6. The Morgan fingerprint density at radius 3 is 2.27 bits per heavy atom. The Hall–Kier alpha value is -3.97. The lowest BCUT2D eigenvalue weighted by Gasteiger charge is -2.13. The fraction of sp³-hybridized carbons (Fsp3) is 0. The van der Waals surface area contributed by atoms with Crippen molar-refractivity contribution in [3.63, 3.8) is 0 Å². The normalized spacial score (nSPS) is 11.1. The molecule has 3 aromatic heterocycles. The molecule has 5 rings (SSSR count). The van der Waals surface area contributed by atoms with E-state index >= 15 is 0 Å². The molecule has 0 atom stereocenters. The van der Waals surface area contributed by atoms with Gasteiger partial charge in [-0.15, -0.1) is 0 Å². The first kappa shape index (κ1) is 18.1. The average molecular weight is 415 g/mol. The Labute approximate surface area is 175 Å². The minimum Gasteiger partial charge on any atom is -0.384 e. The lowest BCUT2D eigenvalue weighted by Crippen LogP contribution is -2.22. The van der Waals surface area contributed by atoms with E-state index in [2.05, 4.69) is 19.9 Å². The summed E-state index contributed by atoms with van der Waals surface area (Å²) in [7, 11) is 0. The summed E-state index contributed by atoms with van der Waals surface area (Å²) in [5, 5.41) is 0.588. The molecule has 3 heterocycles. The Morgan fingerprint density at radius 1 is 0.867 bits per heavy atom. The number of pyridine rings is 1. The van der Waals surface area contributed by atoms with Gasteiger partial charge in [0.1, 0.15) is 11.6 Å². The second-order valence-electron chi connectivity index (χ2n) is 6.70. The minimum atomic E-state index is -0.235. The third-order valence-electron chi connectivity index (χ3n) is 4.81. The van der Waals surface area contributed by atoms with Crippen LogP contribution in [0.3, 0.4) is 0 Å². The molecule has 0 radical (unpaired) electrons. The molecule has 30 heavy (non-hydrogen) atoms. The lowest BCUT2D eigenvalue weighted by atomic mass is 10.1. The molecule has 0 saturated heterocycles. The standard InChI is InChI=1S/C22H15ClN6O/c23-16-6-8-17(9-7-16)29-21(28-20-19(22(29)30)26-12-27-20)14-3-1-13(2-4-14)15-5-10-18(24)25-11-15/h1-12H,(H2,24,25)(H,26,27). The highest BCUT2D eigenvalue weighted by Gasteiger charge is 2.16. The number of nitrogens with zero attached hydrogens (tertiary/aromatic N) is 4. The van der Waals surface area contributed by atoms with E-state index in [0.29, 0.717) is 33.5 Å². The molecule has 3 N–H and O–H groups in total. The third-order valence-corrected chi connectivity index (χ3v) is 5.06. The van der Waals surface area contributed by atoms with Gasteiger partial charge in [0.15, 0.2) is 11.2 Å². The van der Waals surface area contributed by atoms with E-state index in [-0.39, 0.29) is 5.56 Å². The van der Waals surface area contributed by atoms with Crippen LogP contribution in [0.15, 0.2) is 78.0 Å². The van der Waals surface area contributed by atoms with Crippen LogP contribution in [0.2, 0.25) is 5.02 Å². The number of halogens is 1. The number of anilines is 1. The second kappa shape index (κ2) is 7.13. The fourth-order valence-corrected chi connectivity index (χ4v) is 3.42. The van der Waals surface area contributed by atoms with Crippen molar-refractivity contribution in [2.45, 2.75) is 0 Å². The first-order valence-corrected chi connectivity index (χ1v) is 9.52. The Balaban J connectivity index is 1.68. The van der Waals surface area contributed by atoms with Crippen LogP contribution in [-0.2, 0) is 0 Å². The number of nitrogens with one attached hydrogen (secondary N) is 1. The summed E-state index contributed by atoms with van der Waals surface area (Å²) in [5.74, 6) is 0.961. The highest BCUT2D eigenvalue weighted by molar-refractivity contribution is 6.30. The van der Waals surface area contributed by atoms with Gasteiger partial charge in [0.2, 0.25) is 0 Å². The molecule has 0 amide bonds. The molecule has 0 aliphatic heterocycles. The van der Waals surface area contributed by atoms with Crippen molar-refractivity contribution in [1.82, 2.24) is 24.5 Å². The second-order valence-corrected chi connectivity index (χ2v) is 7.14. The molecule has 0 bridgehead atoms. The van der Waals surface area contributed by atoms with Crippen molar-refractivity contribution in [3.8, 4) is 28.2 Å². The maximum atomic E-state index is 13.2. The molecule has 0 aliphatic rings. The van der Waals surface area contributed by atoms with Crippen LogP contribution in [0, 0.1) is 0 Å². The van der Waals surface area contributed by atoms with E-state index in [1.807, 2.05) is 30.3 Å². The van der Waals surface area contributed by atoms with Gasteiger partial charge in [-0.1, -0.05) is 35.9 Å². The van der Waals surface area contributed by atoms with Gasteiger partial charge in [0.25, 0.3) is 5.56 Å². The lowest BCUT2D eigenvalue weighted by molar-refractivity contribution is 0.970. The predicted octanol–water partition coefficient (Wildman–Crippen LogP) is 4.07. The molecular weight excluding hydrogens is 400 g/mol. The highest BCUT2D eigenvalue weighted by Crippen LogP contribution is 2.26. The highest BCUT2D eigenvalue weighted by atomic mass is 35.5. The quantitative estimate of drug-likeness (QED) is 0.463. The van der Waals surface area contributed by atoms with Gasteiger partial charge in [-0.2, -0.15) is 0 Å². The molecule has 0 saturated carbocycles. The number of nitrogens with two attached hydrogens (primary N) is 1. The van der Waals surface area contributed by atoms with Crippen molar-refractivity contribution in [2.24, 2.45) is 0 Å². The molecule has 7 nitrogen and oxygen atoms in total. The van der Waals surface area contributed by atoms with Crippen LogP contribution in [0.5, 0.6) is 0 Å². The molecule has 2 aromatic carbocycles. The number of rotatable bonds is 3. The summed E-state index contributed by atoms with van der Waals surface area (Å²) in [6.07, 6.45) is 3.19. The topological polar surface area (TPSA) is 102 Å². The van der Waals surface area contributed by atoms with Crippen LogP contribution in [0.25, 0.3) is 39.4 Å². The first-order chi connectivity index (χ1) is 14.6. The number of fused-ring (bicyclic) bond motifs is 1. The number of benzene rings is 2. The largest absolute Gasteiger partial charge is 0.384 e. The van der Waals surface area contributed by atoms with E-state index in [1.54, 1.807) is 41.1 Å². The molecule has 0 fully saturated rings. The SMILES string of the molecule is Nc1ccc(-c2ccc(-c3nc4nc[nH]c4c(=O)n3-c3ccc(Cl)cc3)cc2)cn1. The Morgan fingerprint density at radius 2 is 1.57 bits per heavy atom. The molecular formula is C22H15ClN6O. The van der Waals surface area contributed by atoms with Crippen LogP contribution in [0.1, 0.15) is 0 Å². The number of nitrogen functional groups attached to an aromatic ring is 1. The Kier molecular flexibility index (Phi) is 4.30. The maximum absolute atomic E-state index is 13.2. The zero-order valence-corrected chi connectivity index (χ0v) is 16.3. The Bertz CT molecular complexity index is 1400. The van der Waals surface area contributed by atoms with E-state index in [1.165, 1.54) is 6.33 Å². The molecule has 8 heteroatoms. The smallest absolute Gasteiger partial charge is 0.284 e. The summed E-state index contributed by atoms with van der Waals surface area (Å²) in [6, 6.07) is 18.4. The molecule has 0 spiro atoms. The predicted molar refractivity (Wildman–Crippen MR) is 118 cm³/mol. The van der Waals surface area contributed by atoms with Gasteiger partial charge in [0, 0.05) is 22.3 Å². The summed E-state index contributed by atoms with van der Waals surface area (Å²) < 4.78 is 1.55. The summed E-state index contributed by atoms with van der Waals surface area (Å²) in [5.41, 5.74) is 9.51. The van der Waals surface area contributed by atoms with E-state index in [4.69, 9.17) is 17.3 Å². The fourth-order valence-electron chi connectivity index (χ4n) is 3.30. The number of aromatic nitrogens is 5. The summed E-state index contributed by atoms with van der Waals surface area (Å²) in [4.78, 5) is 29.0. The minimum absolute atomic E-state index is 0.235. The summed E-state index contributed by atoms with van der Waals surface area (Å²) in [6.45, 7) is 0. The van der Waals surface area contributed by atoms with Crippen LogP contribution >= 0.6 is 11.6 Å². The van der Waals surface area contributed by atoms with Crippen LogP contribution in [-0.4, -0.2) is 24.5 Å². The number of H-pyrrole nitrogens is 1. The van der Waals surface area contributed by atoms with E-state index < -0.39 is 0 Å². The van der Waals surface area contributed by atoms with Gasteiger partial charge >= 0.3 is 0 Å². The maximum Gasteiger partial charge on any atom is 0.284 e. The average Bonchev–Trinajstić information content (AvgIpc) is 3.24. The van der Waals surface area contributed by atoms with Gasteiger partial charge in [-0.25, -0.2) is 15.0 Å². The first-order valence-electron chi connectivity index (χ1n) is 9.14. The van der Waals surface area contributed by atoms with Crippen molar-refractivity contribution in [1.29, 1.82) is 0 Å². The van der Waals surface area contributed by atoms with E-state index in [9.17, 15) is 4.79 Å². The van der Waals surface area contributed by atoms with Crippen molar-refractivity contribution in [3.05, 3.63) is 88.6 Å². The number of hydrogen-bond acceptors (Lipinski definition) is 5. The monoisotopic (exact) mass is 414 g/mol. The van der Waals surface area contributed by atoms with Gasteiger partial charge in [0.05, 0.1) is 12.0 Å². The molecule has 0 unspecified atom stereocenters. The van der Waals surface area contributed by atoms with E-state index in [0.717, 1.165) is 16.7 Å². The van der Waals surface area contributed by atoms with Crippen molar-refractivity contribution in [2.75, 3.05) is 5.73 Å². The van der Waals surface area contributed by atoms with Gasteiger partial charge in [-0.05, 0) is 42.0 Å². The van der Waals surface area contributed by atoms with Crippen LogP contribution < -0.4 is 11.3 Å².